The van der Waals surface area contributed by atoms with Gasteiger partial charge in [-0.1, -0.05) is 28.1 Å². The monoisotopic (exact) mass is 279 g/mol. The van der Waals surface area contributed by atoms with E-state index >= 15 is 0 Å². The summed E-state index contributed by atoms with van der Waals surface area (Å²) in [6.45, 7) is 0. The molecule has 0 aromatic heterocycles. The van der Waals surface area contributed by atoms with E-state index in [4.69, 9.17) is 10.8 Å². The molecule has 1 atom stereocenters. The van der Waals surface area contributed by atoms with Crippen LogP contribution in [0.3, 0.4) is 0 Å². The summed E-state index contributed by atoms with van der Waals surface area (Å²) in [5.41, 5.74) is 6.30. The molecule has 5 heteroatoms. The maximum atomic E-state index is 10.4. The Kier molecular flexibility index (Phi) is 5.76. The van der Waals surface area contributed by atoms with Crippen LogP contribution in [-0.4, -0.2) is 17.1 Å². The molecule has 0 unspecified atom stereocenters. The molecule has 0 aliphatic heterocycles. The van der Waals surface area contributed by atoms with E-state index in [1.54, 1.807) is 0 Å². The van der Waals surface area contributed by atoms with Crippen molar-refractivity contribution in [2.45, 2.75) is 12.5 Å². The molecule has 0 spiro atoms. The van der Waals surface area contributed by atoms with Gasteiger partial charge >= 0.3 is 5.97 Å². The Hall–Kier alpha value is -0.580. The summed E-state index contributed by atoms with van der Waals surface area (Å²) in [7, 11) is 0. The zero-order chi connectivity index (χ0) is 9.84. The Morgan fingerprint density at radius 2 is 1.93 bits per heavy atom. The zero-order valence-electron chi connectivity index (χ0n) is 7.31. The fraction of sp³-hybridized carbons (Fsp3) is 0.222. The van der Waals surface area contributed by atoms with Crippen LogP contribution < -0.4 is 5.73 Å². The van der Waals surface area contributed by atoms with Gasteiger partial charge in [0.05, 0.1) is 0 Å². The van der Waals surface area contributed by atoms with Gasteiger partial charge in [0, 0.05) is 4.47 Å². The smallest absolute Gasteiger partial charge is 0.320 e. The van der Waals surface area contributed by atoms with Gasteiger partial charge in [-0.2, -0.15) is 0 Å². The molecule has 0 aliphatic rings. The highest BCUT2D eigenvalue weighted by molar-refractivity contribution is 9.10. The maximum Gasteiger partial charge on any atom is 0.320 e. The van der Waals surface area contributed by atoms with Crippen molar-refractivity contribution in [2.75, 3.05) is 0 Å². The van der Waals surface area contributed by atoms with Gasteiger partial charge < -0.3 is 10.8 Å². The van der Waals surface area contributed by atoms with Gasteiger partial charge in [0.15, 0.2) is 0 Å². The largest absolute Gasteiger partial charge is 0.480 e. The molecule has 0 bridgehead atoms. The van der Waals surface area contributed by atoms with Gasteiger partial charge in [0.2, 0.25) is 0 Å². The summed E-state index contributed by atoms with van der Waals surface area (Å²) in [6.07, 6.45) is 0.364. The standard InChI is InChI=1S/C9H10BrNO2.ClH/c10-7-3-1-6(2-4-7)5-8(11)9(12)13;/h1-4,8H,5,11H2,(H,12,13);1H/t8-;/m0./s1. The van der Waals surface area contributed by atoms with Crippen molar-refractivity contribution in [1.29, 1.82) is 0 Å². The highest BCUT2D eigenvalue weighted by Crippen LogP contribution is 2.11. The maximum absolute atomic E-state index is 10.4. The van der Waals surface area contributed by atoms with Crippen LogP contribution in [0.2, 0.25) is 0 Å². The van der Waals surface area contributed by atoms with E-state index in [1.807, 2.05) is 24.3 Å². The second-order valence-electron chi connectivity index (χ2n) is 2.78. The molecular formula is C9H11BrClNO2. The summed E-state index contributed by atoms with van der Waals surface area (Å²) < 4.78 is 0.972. The number of nitrogens with two attached hydrogens (primary N) is 1. The average molecular weight is 281 g/mol. The second-order valence-corrected chi connectivity index (χ2v) is 3.69. The third-order valence-corrected chi connectivity index (χ3v) is 2.21. The Morgan fingerprint density at radius 3 is 2.36 bits per heavy atom. The van der Waals surface area contributed by atoms with Crippen LogP contribution in [0.1, 0.15) is 5.56 Å². The van der Waals surface area contributed by atoms with Crippen molar-refractivity contribution in [2.24, 2.45) is 5.73 Å². The van der Waals surface area contributed by atoms with E-state index in [0.717, 1.165) is 10.0 Å². The van der Waals surface area contributed by atoms with Crippen molar-refractivity contribution in [3.8, 4) is 0 Å². The number of carbonyl (C=O) groups is 1. The molecule has 0 aliphatic carbocycles. The molecular weight excluding hydrogens is 269 g/mol. The van der Waals surface area contributed by atoms with Gasteiger partial charge in [-0.3, -0.25) is 4.79 Å². The zero-order valence-corrected chi connectivity index (χ0v) is 9.72. The molecule has 0 amide bonds. The number of aliphatic carboxylic acids is 1. The first kappa shape index (κ1) is 13.4. The minimum atomic E-state index is -0.970. The number of carboxylic acids is 1. The first-order chi connectivity index (χ1) is 6.09. The fourth-order valence-corrected chi connectivity index (χ4v) is 1.23. The van der Waals surface area contributed by atoms with Crippen molar-refractivity contribution in [3.05, 3.63) is 34.3 Å². The lowest BCUT2D eigenvalue weighted by Gasteiger charge is -2.05. The molecule has 3 N–H and O–H groups in total. The average Bonchev–Trinajstić information content (AvgIpc) is 2.08. The number of benzene rings is 1. The van der Waals surface area contributed by atoms with Crippen molar-refractivity contribution in [3.63, 3.8) is 0 Å². The third-order valence-electron chi connectivity index (χ3n) is 1.69. The van der Waals surface area contributed by atoms with E-state index in [2.05, 4.69) is 15.9 Å². The van der Waals surface area contributed by atoms with Crippen LogP contribution >= 0.6 is 28.3 Å². The lowest BCUT2D eigenvalue weighted by atomic mass is 10.1. The molecule has 0 radical (unpaired) electrons. The third kappa shape index (κ3) is 4.09. The van der Waals surface area contributed by atoms with E-state index in [1.165, 1.54) is 0 Å². The number of carboxylic acid groups (broad SMARTS) is 1. The van der Waals surface area contributed by atoms with E-state index in [-0.39, 0.29) is 12.4 Å². The Bertz CT molecular complexity index is 302. The van der Waals surface area contributed by atoms with Crippen molar-refractivity contribution >= 4 is 34.3 Å². The van der Waals surface area contributed by atoms with Gasteiger partial charge in [-0.25, -0.2) is 0 Å². The number of rotatable bonds is 3. The number of halogens is 2. The molecule has 3 nitrogen and oxygen atoms in total. The van der Waals surface area contributed by atoms with Crippen LogP contribution in [0.5, 0.6) is 0 Å². The summed E-state index contributed by atoms with van der Waals surface area (Å²) in [5.74, 6) is -0.970. The van der Waals surface area contributed by atoms with Crippen LogP contribution in [0.25, 0.3) is 0 Å². The van der Waals surface area contributed by atoms with Crippen LogP contribution in [-0.2, 0) is 11.2 Å². The molecule has 0 fully saturated rings. The van der Waals surface area contributed by atoms with Crippen LogP contribution in [0, 0.1) is 0 Å². The number of hydrogen-bond acceptors (Lipinski definition) is 2. The summed E-state index contributed by atoms with van der Waals surface area (Å²) in [5, 5.41) is 8.56. The molecule has 0 saturated carbocycles. The Balaban J connectivity index is 0.00000169. The van der Waals surface area contributed by atoms with Gasteiger partial charge in [-0.15, -0.1) is 12.4 Å². The van der Waals surface area contributed by atoms with Crippen LogP contribution in [0.4, 0.5) is 0 Å². The lowest BCUT2D eigenvalue weighted by Crippen LogP contribution is -2.32. The quantitative estimate of drug-likeness (QED) is 0.888. The van der Waals surface area contributed by atoms with E-state index in [0.29, 0.717) is 6.42 Å². The highest BCUT2D eigenvalue weighted by Gasteiger charge is 2.11. The molecule has 78 valence electrons. The van der Waals surface area contributed by atoms with Gasteiger partial charge in [-0.05, 0) is 24.1 Å². The Labute approximate surface area is 96.8 Å². The number of hydrogen-bond donors (Lipinski definition) is 2. The molecule has 0 heterocycles. The van der Waals surface area contributed by atoms with E-state index < -0.39 is 12.0 Å². The fourth-order valence-electron chi connectivity index (χ4n) is 0.962. The molecule has 1 aromatic carbocycles. The molecule has 0 saturated heterocycles. The second kappa shape index (κ2) is 6.01. The van der Waals surface area contributed by atoms with Gasteiger partial charge in [0.25, 0.3) is 0 Å². The molecule has 1 rings (SSSR count). The SMILES string of the molecule is Cl.N[C@@H](Cc1ccc(Br)cc1)C(=O)O. The first-order valence-corrected chi connectivity index (χ1v) is 4.61. The topological polar surface area (TPSA) is 63.3 Å². The molecule has 1 aromatic rings. The first-order valence-electron chi connectivity index (χ1n) is 3.82. The predicted molar refractivity (Wildman–Crippen MR) is 60.7 cm³/mol. The lowest BCUT2D eigenvalue weighted by molar-refractivity contribution is -0.138. The summed E-state index contributed by atoms with van der Waals surface area (Å²) in [4.78, 5) is 10.4. The highest BCUT2D eigenvalue weighted by atomic mass is 79.9. The van der Waals surface area contributed by atoms with Gasteiger partial charge in [0.1, 0.15) is 6.04 Å². The van der Waals surface area contributed by atoms with Crippen LogP contribution in [0.15, 0.2) is 28.7 Å². The summed E-state index contributed by atoms with van der Waals surface area (Å²) in [6, 6.07) is 6.62. The van der Waals surface area contributed by atoms with Crippen molar-refractivity contribution in [1.82, 2.24) is 0 Å². The van der Waals surface area contributed by atoms with E-state index in [9.17, 15) is 4.79 Å². The Morgan fingerprint density at radius 1 is 1.43 bits per heavy atom. The summed E-state index contributed by atoms with van der Waals surface area (Å²) >= 11 is 3.29. The minimum absolute atomic E-state index is 0. The normalized spacial score (nSPS) is 11.6. The molecule has 14 heavy (non-hydrogen) atoms. The predicted octanol–water partition coefficient (Wildman–Crippen LogP) is 1.83. The van der Waals surface area contributed by atoms with Crippen molar-refractivity contribution < 1.29 is 9.90 Å². The minimum Gasteiger partial charge on any atom is -0.480 e.